The summed E-state index contributed by atoms with van der Waals surface area (Å²) in [5.41, 5.74) is 2.00. The molecule has 0 spiro atoms. The number of carbonyl (C=O) groups excluding carboxylic acids is 2. The highest BCUT2D eigenvalue weighted by Gasteiger charge is 2.34. The molecule has 3 rings (SSSR count). The number of hydrogen-bond acceptors (Lipinski definition) is 4. The van der Waals surface area contributed by atoms with Crippen LogP contribution in [0.25, 0.3) is 0 Å². The summed E-state index contributed by atoms with van der Waals surface area (Å²) in [5, 5.41) is 1.40. The van der Waals surface area contributed by atoms with Gasteiger partial charge in [0.2, 0.25) is 0 Å². The topological polar surface area (TPSA) is 49.9 Å². The number of fused-ring (bicyclic) bond motifs is 1. The van der Waals surface area contributed by atoms with E-state index in [1.165, 1.54) is 4.90 Å². The molecular formula is C25H30Cl2N2O3. The second kappa shape index (κ2) is 12.4. The van der Waals surface area contributed by atoms with Crippen LogP contribution in [0.2, 0.25) is 10.0 Å². The molecule has 0 aromatic heterocycles. The molecule has 0 fully saturated rings. The fraction of sp³-hybridized carbons (Fsp3) is 0.440. The standard InChI is InChI=1S/C25H30Cl2N2O3/c1-28(18-21-22(26)12-8-13-23(21)27)14-9-17-32-16-7-3-2-6-15-29-24(30)19-10-4-5-11-20(19)25(29)31/h4-5,8,10-13H,2-3,6-7,9,14-18H2,1H3. The molecule has 172 valence electrons. The molecule has 7 heteroatoms. The maximum Gasteiger partial charge on any atom is 0.261 e. The summed E-state index contributed by atoms with van der Waals surface area (Å²) in [6.45, 7) is 3.55. The Hall–Kier alpha value is -1.92. The van der Waals surface area contributed by atoms with E-state index in [0.29, 0.717) is 34.3 Å². The second-order valence-electron chi connectivity index (χ2n) is 8.13. The zero-order valence-electron chi connectivity index (χ0n) is 18.5. The highest BCUT2D eigenvalue weighted by Crippen LogP contribution is 2.25. The number of hydrogen-bond donors (Lipinski definition) is 0. The van der Waals surface area contributed by atoms with Gasteiger partial charge in [-0.2, -0.15) is 0 Å². The van der Waals surface area contributed by atoms with Gasteiger partial charge in [0.25, 0.3) is 11.8 Å². The molecular weight excluding hydrogens is 447 g/mol. The lowest BCUT2D eigenvalue weighted by Gasteiger charge is -2.18. The first-order chi connectivity index (χ1) is 15.5. The van der Waals surface area contributed by atoms with Gasteiger partial charge in [-0.05, 0) is 50.6 Å². The Labute approximate surface area is 200 Å². The predicted molar refractivity (Wildman–Crippen MR) is 129 cm³/mol. The number of unbranched alkanes of at least 4 members (excludes halogenated alkanes) is 3. The molecule has 0 atom stereocenters. The van der Waals surface area contributed by atoms with Crippen molar-refractivity contribution in [1.82, 2.24) is 9.80 Å². The Kier molecular flexibility index (Phi) is 9.54. The zero-order valence-corrected chi connectivity index (χ0v) is 20.0. The van der Waals surface area contributed by atoms with Crippen LogP contribution in [0, 0.1) is 0 Å². The Bertz CT molecular complexity index is 880. The number of ether oxygens (including phenoxy) is 1. The van der Waals surface area contributed by atoms with Crippen LogP contribution in [-0.2, 0) is 11.3 Å². The van der Waals surface area contributed by atoms with Crippen molar-refractivity contribution in [1.29, 1.82) is 0 Å². The van der Waals surface area contributed by atoms with Crippen molar-refractivity contribution in [3.05, 3.63) is 69.2 Å². The van der Waals surface area contributed by atoms with E-state index in [4.69, 9.17) is 27.9 Å². The van der Waals surface area contributed by atoms with Crippen molar-refractivity contribution < 1.29 is 14.3 Å². The minimum atomic E-state index is -0.171. The highest BCUT2D eigenvalue weighted by molar-refractivity contribution is 6.36. The van der Waals surface area contributed by atoms with Gasteiger partial charge in [-0.1, -0.05) is 54.2 Å². The predicted octanol–water partition coefficient (Wildman–Crippen LogP) is 5.69. The Morgan fingerprint density at radius 3 is 2.06 bits per heavy atom. The number of imide groups is 1. The van der Waals surface area contributed by atoms with Gasteiger partial charge >= 0.3 is 0 Å². The lowest BCUT2D eigenvalue weighted by Crippen LogP contribution is -2.30. The molecule has 0 saturated heterocycles. The normalized spacial score (nSPS) is 13.3. The summed E-state index contributed by atoms with van der Waals surface area (Å²) in [5.74, 6) is -0.341. The van der Waals surface area contributed by atoms with Crippen molar-refractivity contribution in [2.24, 2.45) is 0 Å². The summed E-state index contributed by atoms with van der Waals surface area (Å²) in [4.78, 5) is 28.2. The van der Waals surface area contributed by atoms with Crippen molar-refractivity contribution in [2.45, 2.75) is 38.6 Å². The van der Waals surface area contributed by atoms with Crippen molar-refractivity contribution in [2.75, 3.05) is 33.4 Å². The van der Waals surface area contributed by atoms with Crippen molar-refractivity contribution >= 4 is 35.0 Å². The molecule has 1 heterocycles. The van der Waals surface area contributed by atoms with E-state index in [1.54, 1.807) is 24.3 Å². The third-order valence-corrected chi connectivity index (χ3v) is 6.33. The van der Waals surface area contributed by atoms with Crippen molar-refractivity contribution in [3.8, 4) is 0 Å². The molecule has 32 heavy (non-hydrogen) atoms. The van der Waals surface area contributed by atoms with Crippen LogP contribution < -0.4 is 0 Å². The smallest absolute Gasteiger partial charge is 0.261 e. The first kappa shape index (κ1) is 24.7. The van der Waals surface area contributed by atoms with Crippen LogP contribution >= 0.6 is 23.2 Å². The van der Waals surface area contributed by atoms with Gasteiger partial charge in [0.1, 0.15) is 0 Å². The number of halogens is 2. The summed E-state index contributed by atoms with van der Waals surface area (Å²) >= 11 is 12.5. The third kappa shape index (κ3) is 6.55. The fourth-order valence-electron chi connectivity index (χ4n) is 3.84. The van der Waals surface area contributed by atoms with Gasteiger partial charge in [-0.15, -0.1) is 0 Å². The summed E-state index contributed by atoms with van der Waals surface area (Å²) < 4.78 is 5.74. The first-order valence-electron chi connectivity index (χ1n) is 11.1. The van der Waals surface area contributed by atoms with Gasteiger partial charge in [-0.3, -0.25) is 14.5 Å². The van der Waals surface area contributed by atoms with E-state index in [1.807, 2.05) is 25.2 Å². The van der Waals surface area contributed by atoms with E-state index in [2.05, 4.69) is 4.90 Å². The average Bonchev–Trinajstić information content (AvgIpc) is 3.02. The van der Waals surface area contributed by atoms with Crippen LogP contribution in [-0.4, -0.2) is 55.0 Å². The maximum atomic E-state index is 12.3. The molecule has 0 radical (unpaired) electrons. The molecule has 0 saturated carbocycles. The largest absolute Gasteiger partial charge is 0.381 e. The van der Waals surface area contributed by atoms with Crippen LogP contribution in [0.5, 0.6) is 0 Å². The van der Waals surface area contributed by atoms with Gasteiger partial charge in [0.05, 0.1) is 11.1 Å². The minimum absolute atomic E-state index is 0.171. The first-order valence-corrected chi connectivity index (χ1v) is 11.9. The van der Waals surface area contributed by atoms with Gasteiger partial charge < -0.3 is 9.64 Å². The zero-order chi connectivity index (χ0) is 22.9. The second-order valence-corrected chi connectivity index (χ2v) is 8.94. The molecule has 0 N–H and O–H groups in total. The van der Waals surface area contributed by atoms with Crippen LogP contribution in [0.15, 0.2) is 42.5 Å². The van der Waals surface area contributed by atoms with E-state index in [9.17, 15) is 9.59 Å². The molecule has 0 aliphatic carbocycles. The minimum Gasteiger partial charge on any atom is -0.381 e. The Morgan fingerprint density at radius 2 is 1.41 bits per heavy atom. The Balaban J connectivity index is 1.20. The van der Waals surface area contributed by atoms with Gasteiger partial charge in [-0.25, -0.2) is 0 Å². The van der Waals surface area contributed by atoms with Crippen LogP contribution in [0.3, 0.4) is 0 Å². The van der Waals surface area contributed by atoms with Crippen LogP contribution in [0.1, 0.15) is 58.4 Å². The SMILES string of the molecule is CN(CCCOCCCCCCN1C(=O)c2ccccc2C1=O)Cc1c(Cl)cccc1Cl. The molecule has 5 nitrogen and oxygen atoms in total. The quantitative estimate of drug-likeness (QED) is 0.275. The van der Waals surface area contributed by atoms with E-state index in [0.717, 1.165) is 57.4 Å². The molecule has 1 aliphatic rings. The van der Waals surface area contributed by atoms with E-state index in [-0.39, 0.29) is 11.8 Å². The number of nitrogens with zero attached hydrogens (tertiary/aromatic N) is 2. The fourth-order valence-corrected chi connectivity index (χ4v) is 4.36. The number of benzene rings is 2. The number of amides is 2. The molecule has 0 unspecified atom stereocenters. The monoisotopic (exact) mass is 476 g/mol. The average molecular weight is 477 g/mol. The summed E-state index contributed by atoms with van der Waals surface area (Å²) in [6.07, 6.45) is 4.73. The van der Waals surface area contributed by atoms with Gasteiger partial charge in [0, 0.05) is 48.5 Å². The van der Waals surface area contributed by atoms with E-state index >= 15 is 0 Å². The molecule has 1 aliphatic heterocycles. The lowest BCUT2D eigenvalue weighted by atomic mass is 10.1. The molecule has 0 bridgehead atoms. The summed E-state index contributed by atoms with van der Waals surface area (Å²) in [6, 6.07) is 12.6. The lowest BCUT2D eigenvalue weighted by molar-refractivity contribution is 0.0650. The number of rotatable bonds is 13. The van der Waals surface area contributed by atoms with E-state index < -0.39 is 0 Å². The molecule has 2 aromatic rings. The number of carbonyl (C=O) groups is 2. The molecule has 2 aromatic carbocycles. The maximum absolute atomic E-state index is 12.3. The van der Waals surface area contributed by atoms with Crippen molar-refractivity contribution in [3.63, 3.8) is 0 Å². The third-order valence-electron chi connectivity index (χ3n) is 5.62. The Morgan fingerprint density at radius 1 is 0.812 bits per heavy atom. The van der Waals surface area contributed by atoms with Crippen LogP contribution in [0.4, 0.5) is 0 Å². The molecule has 2 amide bonds. The van der Waals surface area contributed by atoms with Gasteiger partial charge in [0.15, 0.2) is 0 Å². The highest BCUT2D eigenvalue weighted by atomic mass is 35.5. The summed E-state index contributed by atoms with van der Waals surface area (Å²) in [7, 11) is 2.05.